The molecule has 2 saturated heterocycles. The van der Waals surface area contributed by atoms with E-state index in [1.807, 2.05) is 0 Å². The first-order chi connectivity index (χ1) is 12.0. The molecular formula is C19H28ClF2N3. The Morgan fingerprint density at radius 2 is 1.72 bits per heavy atom. The molecule has 0 N–H and O–H groups in total. The van der Waals surface area contributed by atoms with E-state index >= 15 is 0 Å². The van der Waals surface area contributed by atoms with Crippen LogP contribution in [0.2, 0.25) is 5.02 Å². The summed E-state index contributed by atoms with van der Waals surface area (Å²) in [6.07, 6.45) is 2.16. The van der Waals surface area contributed by atoms with Gasteiger partial charge in [0.2, 0.25) is 0 Å². The van der Waals surface area contributed by atoms with E-state index in [9.17, 15) is 8.78 Å². The van der Waals surface area contributed by atoms with Crippen LogP contribution in [0.25, 0.3) is 0 Å². The van der Waals surface area contributed by atoms with Crippen molar-refractivity contribution in [3.8, 4) is 0 Å². The summed E-state index contributed by atoms with van der Waals surface area (Å²) in [5.41, 5.74) is 0.0954. The number of piperazine rings is 1. The second kappa shape index (κ2) is 8.30. The molecule has 0 aliphatic carbocycles. The zero-order chi connectivity index (χ0) is 18.0. The molecule has 0 spiro atoms. The fourth-order valence-corrected chi connectivity index (χ4v) is 4.24. The third kappa shape index (κ3) is 4.51. The van der Waals surface area contributed by atoms with Gasteiger partial charge in [0.05, 0.1) is 5.02 Å². The quantitative estimate of drug-likeness (QED) is 0.750. The summed E-state index contributed by atoms with van der Waals surface area (Å²) in [7, 11) is 2.18. The van der Waals surface area contributed by atoms with E-state index in [0.29, 0.717) is 18.5 Å². The minimum atomic E-state index is -0.616. The maximum atomic E-state index is 14.1. The van der Waals surface area contributed by atoms with Crippen LogP contribution in [0.15, 0.2) is 12.1 Å². The zero-order valence-electron chi connectivity index (χ0n) is 15.1. The highest BCUT2D eigenvalue weighted by molar-refractivity contribution is 6.30. The summed E-state index contributed by atoms with van der Waals surface area (Å²) in [6, 6.07) is 3.11. The van der Waals surface area contributed by atoms with Gasteiger partial charge in [0, 0.05) is 44.3 Å². The highest BCUT2D eigenvalue weighted by Crippen LogP contribution is 2.28. The molecule has 2 fully saturated rings. The molecule has 1 aromatic carbocycles. The Morgan fingerprint density at radius 3 is 2.36 bits per heavy atom. The highest BCUT2D eigenvalue weighted by atomic mass is 35.5. The van der Waals surface area contributed by atoms with Gasteiger partial charge in [-0.15, -0.1) is 0 Å². The van der Waals surface area contributed by atoms with E-state index in [2.05, 4.69) is 28.7 Å². The Bertz CT molecular complexity index is 582. The standard InChI is InChI=1S/C19H28ClF2N3/c1-14(25-11-9-23(2)10-12-25)15-5-7-24(8-6-15)13-16-18(21)4-3-17(20)19(16)22/h3-4,14-15H,5-13H2,1-2H3. The van der Waals surface area contributed by atoms with Gasteiger partial charge < -0.3 is 4.90 Å². The van der Waals surface area contributed by atoms with E-state index in [0.717, 1.165) is 52.1 Å². The van der Waals surface area contributed by atoms with Gasteiger partial charge in [-0.1, -0.05) is 11.6 Å². The number of nitrogens with zero attached hydrogens (tertiary/aromatic N) is 3. The number of hydrogen-bond acceptors (Lipinski definition) is 3. The molecule has 2 aliphatic rings. The lowest BCUT2D eigenvalue weighted by Crippen LogP contribution is -2.51. The molecule has 6 heteroatoms. The molecule has 1 aromatic rings. The lowest BCUT2D eigenvalue weighted by Gasteiger charge is -2.42. The minimum Gasteiger partial charge on any atom is -0.304 e. The Labute approximate surface area is 154 Å². The van der Waals surface area contributed by atoms with Crippen LogP contribution in [0.3, 0.4) is 0 Å². The van der Waals surface area contributed by atoms with Crippen LogP contribution >= 0.6 is 11.6 Å². The van der Waals surface area contributed by atoms with E-state index < -0.39 is 11.6 Å². The summed E-state index contributed by atoms with van der Waals surface area (Å²) >= 11 is 5.80. The average molecular weight is 372 g/mol. The van der Waals surface area contributed by atoms with Crippen molar-refractivity contribution in [1.82, 2.24) is 14.7 Å². The largest absolute Gasteiger partial charge is 0.304 e. The molecular weight excluding hydrogens is 344 g/mol. The molecule has 3 nitrogen and oxygen atoms in total. The number of likely N-dealkylation sites (N-methyl/N-ethyl adjacent to an activating group) is 1. The zero-order valence-corrected chi connectivity index (χ0v) is 15.9. The van der Waals surface area contributed by atoms with Crippen LogP contribution in [0.4, 0.5) is 8.78 Å². The SMILES string of the molecule is CC(C1CCN(Cc2c(F)ccc(Cl)c2F)CC1)N1CCN(C)CC1. The van der Waals surface area contributed by atoms with Crippen molar-refractivity contribution in [2.75, 3.05) is 46.3 Å². The number of piperidine rings is 1. The van der Waals surface area contributed by atoms with Crippen molar-refractivity contribution in [3.05, 3.63) is 34.4 Å². The van der Waals surface area contributed by atoms with Crippen molar-refractivity contribution in [2.24, 2.45) is 5.92 Å². The number of likely N-dealkylation sites (tertiary alicyclic amines) is 1. The molecule has 0 bridgehead atoms. The fraction of sp³-hybridized carbons (Fsp3) is 0.684. The van der Waals surface area contributed by atoms with Crippen LogP contribution in [-0.4, -0.2) is 67.1 Å². The summed E-state index contributed by atoms with van der Waals surface area (Å²) < 4.78 is 28.0. The van der Waals surface area contributed by atoms with Crippen molar-refractivity contribution < 1.29 is 8.78 Å². The number of hydrogen-bond donors (Lipinski definition) is 0. The van der Waals surface area contributed by atoms with Gasteiger partial charge in [0.1, 0.15) is 11.6 Å². The Hall–Kier alpha value is -0.750. The van der Waals surface area contributed by atoms with Gasteiger partial charge in [-0.3, -0.25) is 9.80 Å². The third-order valence-electron chi connectivity index (χ3n) is 5.95. The van der Waals surface area contributed by atoms with Crippen molar-refractivity contribution in [1.29, 1.82) is 0 Å². The molecule has 0 aromatic heterocycles. The van der Waals surface area contributed by atoms with Crippen LogP contribution in [-0.2, 0) is 6.54 Å². The van der Waals surface area contributed by atoms with Gasteiger partial charge in [-0.05, 0) is 58.0 Å². The Balaban J connectivity index is 1.53. The van der Waals surface area contributed by atoms with Gasteiger partial charge >= 0.3 is 0 Å². The third-order valence-corrected chi connectivity index (χ3v) is 6.24. The normalized spacial score (nSPS) is 23.1. The van der Waals surface area contributed by atoms with Gasteiger partial charge in [-0.25, -0.2) is 8.78 Å². The number of halogens is 3. The first-order valence-electron chi connectivity index (χ1n) is 9.23. The van der Waals surface area contributed by atoms with Crippen LogP contribution < -0.4 is 0 Å². The van der Waals surface area contributed by atoms with Crippen molar-refractivity contribution >= 4 is 11.6 Å². The lowest BCUT2D eigenvalue weighted by molar-refractivity contribution is 0.0594. The lowest BCUT2D eigenvalue weighted by atomic mass is 9.89. The van der Waals surface area contributed by atoms with E-state index in [1.54, 1.807) is 0 Å². The van der Waals surface area contributed by atoms with E-state index in [1.165, 1.54) is 12.1 Å². The molecule has 0 saturated carbocycles. The van der Waals surface area contributed by atoms with Gasteiger partial charge in [0.15, 0.2) is 0 Å². The van der Waals surface area contributed by atoms with Crippen molar-refractivity contribution in [3.63, 3.8) is 0 Å². The second-order valence-electron chi connectivity index (χ2n) is 7.52. The molecule has 25 heavy (non-hydrogen) atoms. The average Bonchev–Trinajstić information content (AvgIpc) is 2.62. The topological polar surface area (TPSA) is 9.72 Å². The first-order valence-corrected chi connectivity index (χ1v) is 9.61. The van der Waals surface area contributed by atoms with E-state index in [4.69, 9.17) is 11.6 Å². The van der Waals surface area contributed by atoms with Gasteiger partial charge in [-0.2, -0.15) is 0 Å². The Kier molecular flexibility index (Phi) is 6.31. The maximum absolute atomic E-state index is 14.1. The predicted molar refractivity (Wildman–Crippen MR) is 97.9 cm³/mol. The summed E-state index contributed by atoms with van der Waals surface area (Å²) in [6.45, 7) is 8.94. The smallest absolute Gasteiger partial charge is 0.149 e. The molecule has 1 atom stereocenters. The second-order valence-corrected chi connectivity index (χ2v) is 7.92. The first kappa shape index (κ1) is 19.0. The van der Waals surface area contributed by atoms with Crippen LogP contribution in [0.5, 0.6) is 0 Å². The molecule has 3 rings (SSSR count). The molecule has 2 aliphatic heterocycles. The van der Waals surface area contributed by atoms with Crippen LogP contribution in [0, 0.1) is 17.6 Å². The molecule has 0 radical (unpaired) electrons. The van der Waals surface area contributed by atoms with E-state index in [-0.39, 0.29) is 10.6 Å². The highest BCUT2D eigenvalue weighted by Gasteiger charge is 2.29. The number of rotatable bonds is 4. The molecule has 1 unspecified atom stereocenters. The predicted octanol–water partition coefficient (Wildman–Crippen LogP) is 3.47. The maximum Gasteiger partial charge on any atom is 0.149 e. The summed E-state index contributed by atoms with van der Waals surface area (Å²) in [4.78, 5) is 7.11. The molecule has 140 valence electrons. The Morgan fingerprint density at radius 1 is 1.08 bits per heavy atom. The monoisotopic (exact) mass is 371 g/mol. The summed E-state index contributed by atoms with van der Waals surface area (Å²) in [5.74, 6) is -0.460. The van der Waals surface area contributed by atoms with Crippen LogP contribution in [0.1, 0.15) is 25.3 Å². The molecule has 2 heterocycles. The van der Waals surface area contributed by atoms with Gasteiger partial charge in [0.25, 0.3) is 0 Å². The minimum absolute atomic E-state index is 0.00465. The fourth-order valence-electron chi connectivity index (χ4n) is 4.06. The van der Waals surface area contributed by atoms with Crippen molar-refractivity contribution in [2.45, 2.75) is 32.4 Å². The number of benzene rings is 1. The molecule has 0 amide bonds. The summed E-state index contributed by atoms with van der Waals surface area (Å²) in [5, 5.41) is -0.00465.